The van der Waals surface area contributed by atoms with Gasteiger partial charge in [0.15, 0.2) is 9.84 Å². The van der Waals surface area contributed by atoms with Crippen LogP contribution in [-0.2, 0) is 14.6 Å². The van der Waals surface area contributed by atoms with Crippen molar-refractivity contribution in [1.29, 1.82) is 0 Å². The molecule has 1 aromatic heterocycles. The van der Waals surface area contributed by atoms with Gasteiger partial charge in [0.05, 0.1) is 15.9 Å². The monoisotopic (exact) mass is 329 g/mol. The molecule has 2 rings (SSSR count). The zero-order chi connectivity index (χ0) is 15.5. The van der Waals surface area contributed by atoms with Gasteiger partial charge in [-0.1, -0.05) is 0 Å². The lowest BCUT2D eigenvalue weighted by Crippen LogP contribution is -2.34. The van der Waals surface area contributed by atoms with Crippen molar-refractivity contribution in [2.24, 2.45) is 0 Å². The number of carbonyl (C=O) groups excluding carboxylic acids is 1. The van der Waals surface area contributed by atoms with Crippen molar-refractivity contribution in [2.45, 2.75) is 18.1 Å². The van der Waals surface area contributed by atoms with Crippen LogP contribution in [0.5, 0.6) is 0 Å². The van der Waals surface area contributed by atoms with Gasteiger partial charge in [0.2, 0.25) is 0 Å². The van der Waals surface area contributed by atoms with Crippen LogP contribution in [0.4, 0.5) is 0 Å². The number of amides is 1. The summed E-state index contributed by atoms with van der Waals surface area (Å²) in [7, 11) is -3.09. The van der Waals surface area contributed by atoms with Gasteiger partial charge in [-0.15, -0.1) is 11.3 Å². The van der Waals surface area contributed by atoms with Crippen LogP contribution in [0, 0.1) is 0 Å². The minimum absolute atomic E-state index is 0.0984. The summed E-state index contributed by atoms with van der Waals surface area (Å²) in [6.07, 6.45) is 3.51. The normalized spacial score (nSPS) is 20.7. The molecule has 6 nitrogen and oxygen atoms in total. The van der Waals surface area contributed by atoms with E-state index < -0.39 is 21.1 Å². The highest BCUT2D eigenvalue weighted by atomic mass is 32.2. The Bertz CT molecular complexity index is 674. The first-order valence-electron chi connectivity index (χ1n) is 6.38. The van der Waals surface area contributed by atoms with Crippen LogP contribution in [0.15, 0.2) is 17.5 Å². The van der Waals surface area contributed by atoms with E-state index in [1.807, 2.05) is 0 Å². The first-order chi connectivity index (χ1) is 9.90. The van der Waals surface area contributed by atoms with E-state index in [1.54, 1.807) is 11.4 Å². The zero-order valence-corrected chi connectivity index (χ0v) is 12.7. The summed E-state index contributed by atoms with van der Waals surface area (Å²) in [4.78, 5) is 22.9. The maximum absolute atomic E-state index is 12.1. The van der Waals surface area contributed by atoms with Gasteiger partial charge in [0, 0.05) is 12.6 Å². The molecule has 0 saturated carbocycles. The molecule has 8 heteroatoms. The molecule has 1 amide bonds. The van der Waals surface area contributed by atoms with E-state index in [0.29, 0.717) is 23.3 Å². The number of nitrogens with one attached hydrogen (secondary N) is 1. The van der Waals surface area contributed by atoms with Crippen LogP contribution in [0.25, 0.3) is 6.08 Å². The molecule has 0 aromatic carbocycles. The Morgan fingerprint density at radius 1 is 1.48 bits per heavy atom. The molecule has 1 unspecified atom stereocenters. The van der Waals surface area contributed by atoms with E-state index in [9.17, 15) is 18.0 Å². The van der Waals surface area contributed by atoms with Crippen LogP contribution < -0.4 is 5.32 Å². The van der Waals surface area contributed by atoms with Crippen molar-refractivity contribution in [2.75, 3.05) is 12.3 Å². The van der Waals surface area contributed by atoms with Crippen molar-refractivity contribution >= 4 is 39.1 Å². The first kappa shape index (κ1) is 15.7. The molecule has 1 aliphatic heterocycles. The van der Waals surface area contributed by atoms with Gasteiger partial charge in [-0.2, -0.15) is 0 Å². The Morgan fingerprint density at radius 2 is 2.24 bits per heavy atom. The number of hydrogen-bond donors (Lipinski definition) is 2. The second kappa shape index (κ2) is 6.40. The summed E-state index contributed by atoms with van der Waals surface area (Å²) in [5.41, 5.74) is 0.508. The van der Waals surface area contributed by atoms with Crippen molar-refractivity contribution in [3.63, 3.8) is 0 Å². The van der Waals surface area contributed by atoms with Crippen molar-refractivity contribution in [1.82, 2.24) is 5.32 Å². The van der Waals surface area contributed by atoms with Gasteiger partial charge < -0.3 is 10.4 Å². The van der Waals surface area contributed by atoms with Crippen molar-refractivity contribution in [3.8, 4) is 0 Å². The fraction of sp³-hybridized carbons (Fsp3) is 0.385. The van der Waals surface area contributed by atoms with Gasteiger partial charge in [0.25, 0.3) is 5.91 Å². The molecule has 2 N–H and O–H groups in total. The summed E-state index contributed by atoms with van der Waals surface area (Å²) in [6.45, 7) is 0.0984. The van der Waals surface area contributed by atoms with Gasteiger partial charge in [-0.25, -0.2) is 13.2 Å². The average molecular weight is 329 g/mol. The molecule has 1 atom stereocenters. The first-order valence-corrected chi connectivity index (χ1v) is 8.98. The van der Waals surface area contributed by atoms with E-state index in [4.69, 9.17) is 5.11 Å². The van der Waals surface area contributed by atoms with Gasteiger partial charge in [-0.3, -0.25) is 4.79 Å². The lowest BCUT2D eigenvalue weighted by atomic mass is 10.2. The number of carbonyl (C=O) groups is 2. The lowest BCUT2D eigenvalue weighted by molar-refractivity contribution is -0.131. The number of thiophene rings is 1. The second-order valence-electron chi connectivity index (χ2n) is 4.72. The minimum Gasteiger partial charge on any atom is -0.478 e. The Labute approximate surface area is 126 Å². The zero-order valence-electron chi connectivity index (χ0n) is 11.1. The highest BCUT2D eigenvalue weighted by Gasteiger charge is 2.31. The molecule has 1 saturated heterocycles. The standard InChI is InChI=1S/C13H15NO5S2/c15-11(16)4-3-9-5-6-20-12(9)13(17)14-8-10-2-1-7-21(10,18)19/h3-6,10H,1-2,7-8H2,(H,14,17)(H,15,16)/b4-3+. The summed E-state index contributed by atoms with van der Waals surface area (Å²) in [5, 5.41) is 12.4. The van der Waals surface area contributed by atoms with E-state index in [-0.39, 0.29) is 18.2 Å². The van der Waals surface area contributed by atoms with E-state index >= 15 is 0 Å². The number of carboxylic acid groups (broad SMARTS) is 1. The summed E-state index contributed by atoms with van der Waals surface area (Å²) < 4.78 is 23.4. The predicted molar refractivity (Wildman–Crippen MR) is 80.1 cm³/mol. The Hall–Kier alpha value is -1.67. The topological polar surface area (TPSA) is 101 Å². The third-order valence-corrected chi connectivity index (χ3v) is 6.47. The van der Waals surface area contributed by atoms with Gasteiger partial charge in [-0.05, 0) is 35.9 Å². The SMILES string of the molecule is O=C(O)/C=C/c1ccsc1C(=O)NCC1CCCS1(=O)=O. The van der Waals surface area contributed by atoms with E-state index in [2.05, 4.69) is 5.32 Å². The third kappa shape index (κ3) is 3.92. The summed E-state index contributed by atoms with van der Waals surface area (Å²) in [6, 6.07) is 1.64. The molecule has 2 heterocycles. The number of rotatable bonds is 5. The fourth-order valence-corrected chi connectivity index (χ4v) is 4.74. The number of carboxylic acids is 1. The molecule has 0 spiro atoms. The molecular formula is C13H15NO5S2. The Kier molecular flexibility index (Phi) is 4.79. The van der Waals surface area contributed by atoms with Crippen LogP contribution in [0.3, 0.4) is 0 Å². The minimum atomic E-state index is -3.09. The highest BCUT2D eigenvalue weighted by Crippen LogP contribution is 2.21. The summed E-state index contributed by atoms with van der Waals surface area (Å²) >= 11 is 1.19. The van der Waals surface area contributed by atoms with Crippen LogP contribution in [0.2, 0.25) is 0 Å². The molecule has 1 aliphatic rings. The molecule has 114 valence electrons. The number of aliphatic carboxylic acids is 1. The molecule has 1 fully saturated rings. The molecule has 0 aliphatic carbocycles. The quantitative estimate of drug-likeness (QED) is 0.789. The lowest BCUT2D eigenvalue weighted by Gasteiger charge is -2.10. The Balaban J connectivity index is 2.01. The van der Waals surface area contributed by atoms with E-state index in [0.717, 1.165) is 6.08 Å². The van der Waals surface area contributed by atoms with Crippen LogP contribution in [0.1, 0.15) is 28.1 Å². The van der Waals surface area contributed by atoms with Gasteiger partial charge in [0.1, 0.15) is 0 Å². The molecule has 1 aromatic rings. The van der Waals surface area contributed by atoms with Gasteiger partial charge >= 0.3 is 5.97 Å². The molecule has 0 radical (unpaired) electrons. The van der Waals surface area contributed by atoms with Crippen molar-refractivity contribution in [3.05, 3.63) is 28.0 Å². The maximum Gasteiger partial charge on any atom is 0.328 e. The molecular weight excluding hydrogens is 314 g/mol. The Morgan fingerprint density at radius 3 is 2.86 bits per heavy atom. The highest BCUT2D eigenvalue weighted by molar-refractivity contribution is 7.92. The maximum atomic E-state index is 12.1. The van der Waals surface area contributed by atoms with E-state index in [1.165, 1.54) is 17.4 Å². The summed E-state index contributed by atoms with van der Waals surface area (Å²) in [5.74, 6) is -1.29. The largest absolute Gasteiger partial charge is 0.478 e. The second-order valence-corrected chi connectivity index (χ2v) is 8.03. The fourth-order valence-electron chi connectivity index (χ4n) is 2.17. The number of sulfone groups is 1. The number of hydrogen-bond acceptors (Lipinski definition) is 5. The van der Waals surface area contributed by atoms with Crippen LogP contribution >= 0.6 is 11.3 Å². The predicted octanol–water partition coefficient (Wildman–Crippen LogP) is 1.15. The molecule has 0 bridgehead atoms. The smallest absolute Gasteiger partial charge is 0.328 e. The molecule has 21 heavy (non-hydrogen) atoms. The average Bonchev–Trinajstić information content (AvgIpc) is 2.99. The van der Waals surface area contributed by atoms with Crippen molar-refractivity contribution < 1.29 is 23.1 Å². The van der Waals surface area contributed by atoms with Crippen LogP contribution in [-0.4, -0.2) is 42.9 Å². The third-order valence-electron chi connectivity index (χ3n) is 3.26.